The van der Waals surface area contributed by atoms with E-state index in [0.29, 0.717) is 12.0 Å². The lowest BCUT2D eigenvalue weighted by atomic mass is 9.98. The number of carbonyl (C=O) groups is 12. The van der Waals surface area contributed by atoms with Gasteiger partial charge in [0.05, 0.1) is 31.2 Å². The molecule has 85 heavy (non-hydrogen) atoms. The number of hydrogen-bond donors (Lipinski definition) is 19. The second-order valence-corrected chi connectivity index (χ2v) is 21.1. The number of imidazole rings is 1. The highest BCUT2D eigenvalue weighted by atomic mass is 16.4. The largest absolute Gasteiger partial charge is 0.508 e. The Balaban J connectivity index is 2.47. The standard InChI is InChI=1S/C53H83N13O19/c1-25(2)19-35(48(79)64-41(26(3)4)50(81)66-43(28(6)69)52(83)63-38(23-67)53(84)85)61-45(76)33(9-7-8-18-54)58-46(77)34(15-17-40(73)74)59-51(82)42(27(5)68)65-49(80)37(21-30-22-56-24-57-30)62-47(78)36(20-29-10-12-31(70)13-11-29)60-44(75)32(55)14-16-39(71)72/h10-13,22,24-28,32-38,41-43,67-70H,7-9,14-21,23,54-55H2,1-6H3,(H,56,57)(H,58,77)(H,59,82)(H,60,75)(H,61,76)(H,62,78)(H,63,83)(H,64,79)(H,65,80)(H,66,81)(H,71,72)(H,73,74)(H,84,85)/t27-,28-,32+,33+,34+,35+,36+,37+,38+,41+,42+,43+/m1/s1. The molecule has 1 aromatic heterocycles. The number of aromatic nitrogens is 2. The lowest BCUT2D eigenvalue weighted by molar-refractivity contribution is -0.144. The average Bonchev–Trinajstić information content (AvgIpc) is 3.92. The van der Waals surface area contributed by atoms with Crippen molar-refractivity contribution in [1.82, 2.24) is 57.8 Å². The van der Waals surface area contributed by atoms with Crippen molar-refractivity contribution in [1.29, 1.82) is 0 Å². The Kier molecular flexibility index (Phi) is 31.2. The summed E-state index contributed by atoms with van der Waals surface area (Å²) in [6.07, 6.45) is -3.15. The van der Waals surface area contributed by atoms with Crippen LogP contribution in [0, 0.1) is 11.8 Å². The van der Waals surface area contributed by atoms with Crippen molar-refractivity contribution in [3.63, 3.8) is 0 Å². The van der Waals surface area contributed by atoms with Gasteiger partial charge in [0.2, 0.25) is 53.2 Å². The number of phenols is 1. The summed E-state index contributed by atoms with van der Waals surface area (Å²) in [7, 11) is 0. The van der Waals surface area contributed by atoms with Crippen LogP contribution in [-0.2, 0) is 70.4 Å². The summed E-state index contributed by atoms with van der Waals surface area (Å²) < 4.78 is 0. The number of nitrogens with one attached hydrogen (secondary N) is 10. The topological polar surface area (TPSA) is 535 Å². The highest BCUT2D eigenvalue weighted by Crippen LogP contribution is 2.15. The number of nitrogens with zero attached hydrogens (tertiary/aromatic N) is 1. The predicted octanol–water partition coefficient (Wildman–Crippen LogP) is -5.01. The zero-order chi connectivity index (χ0) is 64.2. The Morgan fingerprint density at radius 3 is 1.46 bits per heavy atom. The van der Waals surface area contributed by atoms with Crippen LogP contribution in [0.3, 0.4) is 0 Å². The van der Waals surface area contributed by atoms with Gasteiger partial charge in [0.25, 0.3) is 0 Å². The molecule has 0 fully saturated rings. The fourth-order valence-corrected chi connectivity index (χ4v) is 8.21. The van der Waals surface area contributed by atoms with Crippen molar-refractivity contribution in [2.24, 2.45) is 23.3 Å². The maximum atomic E-state index is 14.2. The number of benzene rings is 1. The van der Waals surface area contributed by atoms with E-state index >= 15 is 0 Å². The minimum absolute atomic E-state index is 0.0536. The van der Waals surface area contributed by atoms with Gasteiger partial charge in [-0.2, -0.15) is 0 Å². The fourth-order valence-electron chi connectivity index (χ4n) is 8.21. The normalized spacial score (nSPS) is 15.5. The summed E-state index contributed by atoms with van der Waals surface area (Å²) in [6.45, 7) is 7.83. The molecule has 0 saturated heterocycles. The maximum Gasteiger partial charge on any atom is 0.328 e. The van der Waals surface area contributed by atoms with E-state index in [1.54, 1.807) is 13.8 Å². The minimum atomic E-state index is -1.94. The second kappa shape index (κ2) is 36.4. The molecule has 32 heteroatoms. The van der Waals surface area contributed by atoms with E-state index in [4.69, 9.17) is 16.6 Å². The number of phenolic OH excluding ortho intramolecular Hbond substituents is 1. The lowest BCUT2D eigenvalue weighted by Gasteiger charge is -2.30. The van der Waals surface area contributed by atoms with Gasteiger partial charge in [0.1, 0.15) is 60.1 Å². The number of aliphatic hydroxyl groups excluding tert-OH is 3. The third kappa shape index (κ3) is 26.0. The Labute approximate surface area is 489 Å². The van der Waals surface area contributed by atoms with E-state index in [1.165, 1.54) is 50.6 Å². The van der Waals surface area contributed by atoms with Gasteiger partial charge in [0, 0.05) is 37.6 Å². The first-order chi connectivity index (χ1) is 39.9. The first-order valence-electron chi connectivity index (χ1n) is 27.5. The molecule has 0 spiro atoms. The molecule has 474 valence electrons. The van der Waals surface area contributed by atoms with Crippen LogP contribution < -0.4 is 59.3 Å². The van der Waals surface area contributed by atoms with Gasteiger partial charge in [-0.25, -0.2) is 9.78 Å². The van der Waals surface area contributed by atoms with E-state index in [2.05, 4.69) is 52.5 Å². The van der Waals surface area contributed by atoms with Crippen LogP contribution in [0.2, 0.25) is 0 Å². The van der Waals surface area contributed by atoms with Gasteiger partial charge in [-0.05, 0) is 88.4 Å². The third-order valence-corrected chi connectivity index (χ3v) is 13.0. The van der Waals surface area contributed by atoms with Crippen molar-refractivity contribution in [3.8, 4) is 5.75 Å². The number of aromatic amines is 1. The molecule has 9 amide bonds. The van der Waals surface area contributed by atoms with Gasteiger partial charge in [-0.3, -0.25) is 52.7 Å². The number of unbranched alkanes of at least 4 members (excludes halogenated alkanes) is 1. The number of aromatic hydroxyl groups is 1. The molecular weight excluding hydrogens is 1120 g/mol. The van der Waals surface area contributed by atoms with Crippen LogP contribution in [0.15, 0.2) is 36.8 Å². The number of H-pyrrole nitrogens is 1. The van der Waals surface area contributed by atoms with Crippen LogP contribution in [0.1, 0.15) is 104 Å². The number of hydrogen-bond acceptors (Lipinski definition) is 19. The summed E-state index contributed by atoms with van der Waals surface area (Å²) in [5, 5.41) is 90.1. The average molecular weight is 1210 g/mol. The molecule has 0 aliphatic carbocycles. The number of aliphatic hydroxyl groups is 3. The summed E-state index contributed by atoms with van der Waals surface area (Å²) >= 11 is 0. The number of nitrogens with two attached hydrogens (primary N) is 2. The quantitative estimate of drug-likeness (QED) is 0.0279. The molecular formula is C53H83N13O19. The molecule has 0 aliphatic rings. The zero-order valence-electron chi connectivity index (χ0n) is 48.2. The van der Waals surface area contributed by atoms with Gasteiger partial charge in [-0.15, -0.1) is 0 Å². The first-order valence-corrected chi connectivity index (χ1v) is 27.5. The maximum absolute atomic E-state index is 14.2. The molecule has 0 radical (unpaired) electrons. The van der Waals surface area contributed by atoms with Crippen LogP contribution in [0.4, 0.5) is 0 Å². The van der Waals surface area contributed by atoms with E-state index in [-0.39, 0.29) is 62.4 Å². The molecule has 1 heterocycles. The third-order valence-electron chi connectivity index (χ3n) is 13.0. The van der Waals surface area contributed by atoms with Gasteiger partial charge < -0.3 is 100 Å². The smallest absolute Gasteiger partial charge is 0.328 e. The van der Waals surface area contributed by atoms with E-state index in [0.717, 1.165) is 13.8 Å². The molecule has 0 bridgehead atoms. The van der Waals surface area contributed by atoms with Crippen molar-refractivity contribution < 1.29 is 93.3 Å². The van der Waals surface area contributed by atoms with Crippen molar-refractivity contribution in [2.45, 2.75) is 178 Å². The van der Waals surface area contributed by atoms with Gasteiger partial charge in [-0.1, -0.05) is 39.8 Å². The molecule has 32 nitrogen and oxygen atoms in total. The number of carbonyl (C=O) groups excluding carboxylic acids is 9. The molecule has 12 atom stereocenters. The van der Waals surface area contributed by atoms with Crippen LogP contribution in [0.25, 0.3) is 0 Å². The number of amides is 9. The second-order valence-electron chi connectivity index (χ2n) is 21.1. The Hall–Kier alpha value is -8.33. The molecule has 2 rings (SSSR count). The lowest BCUT2D eigenvalue weighted by Crippen LogP contribution is -2.62. The number of aliphatic carboxylic acids is 3. The van der Waals surface area contributed by atoms with E-state index in [9.17, 15) is 88.2 Å². The Morgan fingerprint density at radius 2 is 0.965 bits per heavy atom. The number of carboxylic acids is 3. The zero-order valence-corrected chi connectivity index (χ0v) is 48.2. The summed E-state index contributed by atoms with van der Waals surface area (Å²) in [4.78, 5) is 166. The highest BCUT2D eigenvalue weighted by molar-refractivity contribution is 5.99. The fraction of sp³-hybridized carbons (Fsp3) is 0.604. The summed E-state index contributed by atoms with van der Waals surface area (Å²) in [5.74, 6) is -14.8. The SMILES string of the molecule is CC(C)C[C@H](NC(=O)[C@H](CCCCN)NC(=O)[C@H](CCC(=O)O)NC(=O)[C@@H](NC(=O)[C@H](Cc1cnc[nH]1)NC(=O)[C@H](Cc1ccc(O)cc1)NC(=O)[C@@H](N)CCC(=O)O)[C@@H](C)O)C(=O)N[C@H](C(=O)N[C@H](C(=O)N[C@@H](CO)C(=O)O)[C@@H](C)O)C(C)C. The molecule has 0 saturated carbocycles. The summed E-state index contributed by atoms with van der Waals surface area (Å²) in [5.41, 5.74) is 12.3. The van der Waals surface area contributed by atoms with Crippen molar-refractivity contribution >= 4 is 71.1 Å². The molecule has 2 aromatic rings. The number of carboxylic acid groups (broad SMARTS) is 3. The van der Waals surface area contributed by atoms with Gasteiger partial charge >= 0.3 is 17.9 Å². The number of rotatable bonds is 39. The predicted molar refractivity (Wildman–Crippen MR) is 298 cm³/mol. The van der Waals surface area contributed by atoms with Crippen LogP contribution >= 0.6 is 0 Å². The van der Waals surface area contributed by atoms with Gasteiger partial charge in [0.15, 0.2) is 0 Å². The molecule has 21 N–H and O–H groups in total. The first kappa shape index (κ1) is 72.8. The van der Waals surface area contributed by atoms with E-state index in [1.807, 2.05) is 5.32 Å². The van der Waals surface area contributed by atoms with E-state index < -0.39 is 175 Å². The minimum Gasteiger partial charge on any atom is -0.508 e. The van der Waals surface area contributed by atoms with Crippen molar-refractivity contribution in [3.05, 3.63) is 48.0 Å². The molecule has 0 aliphatic heterocycles. The van der Waals surface area contributed by atoms with Crippen LogP contribution in [-0.4, -0.2) is 203 Å². The molecule has 0 unspecified atom stereocenters. The Bertz CT molecular complexity index is 2570. The monoisotopic (exact) mass is 1210 g/mol. The molecule has 1 aromatic carbocycles. The van der Waals surface area contributed by atoms with Crippen LogP contribution in [0.5, 0.6) is 5.75 Å². The Morgan fingerprint density at radius 1 is 0.529 bits per heavy atom. The summed E-state index contributed by atoms with van der Waals surface area (Å²) in [6, 6.07) is -10.6. The highest BCUT2D eigenvalue weighted by Gasteiger charge is 2.38. The van der Waals surface area contributed by atoms with Crippen molar-refractivity contribution in [2.75, 3.05) is 13.2 Å².